The molecule has 40 valence electrons. The lowest BCUT2D eigenvalue weighted by molar-refractivity contribution is -0.115. The first-order valence-electron chi connectivity index (χ1n) is 2.91. The fourth-order valence-electron chi connectivity index (χ4n) is 2.39. The zero-order chi connectivity index (χ0) is 5.12. The van der Waals surface area contributed by atoms with Crippen LogP contribution in [0.1, 0.15) is 26.2 Å². The van der Waals surface area contributed by atoms with E-state index < -0.39 is 0 Å². The molecule has 1 heteroatoms. The van der Waals surface area contributed by atoms with E-state index in [4.69, 9.17) is 5.73 Å². The maximum Gasteiger partial charge on any atom is 0.0170 e. The van der Waals surface area contributed by atoms with Crippen molar-refractivity contribution < 1.29 is 0 Å². The fraction of sp³-hybridized carbons (Fsp3) is 1.00. The summed E-state index contributed by atoms with van der Waals surface area (Å²) >= 11 is 0. The molecule has 0 amide bonds. The SMILES string of the molecule is CC12CC(N)(C1)C2. The average Bonchev–Trinajstić information content (AvgIpc) is 1.27. The van der Waals surface area contributed by atoms with Crippen molar-refractivity contribution in [2.24, 2.45) is 11.1 Å². The quantitative estimate of drug-likeness (QED) is 0.477. The molecule has 3 aliphatic carbocycles. The van der Waals surface area contributed by atoms with Gasteiger partial charge in [-0.25, -0.2) is 0 Å². The summed E-state index contributed by atoms with van der Waals surface area (Å²) in [6.07, 6.45) is 3.88. The van der Waals surface area contributed by atoms with Gasteiger partial charge in [-0.3, -0.25) is 0 Å². The van der Waals surface area contributed by atoms with Crippen molar-refractivity contribution in [3.63, 3.8) is 0 Å². The molecule has 0 aromatic carbocycles. The third-order valence-electron chi connectivity index (χ3n) is 2.34. The molecule has 0 aromatic heterocycles. The number of nitrogens with two attached hydrogens (primary N) is 1. The first-order valence-corrected chi connectivity index (χ1v) is 2.91. The highest BCUT2D eigenvalue weighted by Gasteiger charge is 2.62. The monoisotopic (exact) mass is 97.1 g/mol. The van der Waals surface area contributed by atoms with Gasteiger partial charge in [0.1, 0.15) is 0 Å². The van der Waals surface area contributed by atoms with Crippen LogP contribution in [-0.4, -0.2) is 5.54 Å². The van der Waals surface area contributed by atoms with Crippen LogP contribution < -0.4 is 5.73 Å². The van der Waals surface area contributed by atoms with E-state index in [0.29, 0.717) is 11.0 Å². The smallest absolute Gasteiger partial charge is 0.0170 e. The molecule has 1 nitrogen and oxygen atoms in total. The minimum Gasteiger partial charge on any atom is -0.325 e. The zero-order valence-corrected chi connectivity index (χ0v) is 4.70. The van der Waals surface area contributed by atoms with Crippen LogP contribution >= 0.6 is 0 Å². The lowest BCUT2D eigenvalue weighted by atomic mass is 9.41. The second-order valence-electron chi connectivity index (χ2n) is 3.70. The molecule has 0 aromatic rings. The molecule has 0 heterocycles. The van der Waals surface area contributed by atoms with Crippen LogP contribution in [-0.2, 0) is 0 Å². The Labute approximate surface area is 43.9 Å². The van der Waals surface area contributed by atoms with Gasteiger partial charge in [0.15, 0.2) is 0 Å². The lowest BCUT2D eigenvalue weighted by Gasteiger charge is -2.67. The topological polar surface area (TPSA) is 26.0 Å². The minimum atomic E-state index is 0.328. The van der Waals surface area contributed by atoms with Gasteiger partial charge >= 0.3 is 0 Å². The van der Waals surface area contributed by atoms with Gasteiger partial charge in [-0.15, -0.1) is 0 Å². The van der Waals surface area contributed by atoms with E-state index in [-0.39, 0.29) is 0 Å². The van der Waals surface area contributed by atoms with Crippen molar-refractivity contribution in [1.29, 1.82) is 0 Å². The molecule has 0 saturated heterocycles. The zero-order valence-electron chi connectivity index (χ0n) is 4.70. The van der Waals surface area contributed by atoms with Crippen LogP contribution in [0.15, 0.2) is 0 Å². The van der Waals surface area contributed by atoms with E-state index >= 15 is 0 Å². The molecule has 3 saturated carbocycles. The number of hydrogen-bond donors (Lipinski definition) is 1. The maximum atomic E-state index is 5.77. The maximum absolute atomic E-state index is 5.77. The lowest BCUT2D eigenvalue weighted by Crippen LogP contribution is -2.70. The third kappa shape index (κ3) is 0.290. The van der Waals surface area contributed by atoms with Crippen LogP contribution in [0.25, 0.3) is 0 Å². The van der Waals surface area contributed by atoms with E-state index in [1.54, 1.807) is 0 Å². The van der Waals surface area contributed by atoms with Crippen LogP contribution in [0.2, 0.25) is 0 Å². The van der Waals surface area contributed by atoms with Gasteiger partial charge in [-0.2, -0.15) is 0 Å². The normalized spacial score (nSPS) is 66.0. The summed E-state index contributed by atoms with van der Waals surface area (Å²) in [7, 11) is 0. The van der Waals surface area contributed by atoms with Gasteiger partial charge in [0.05, 0.1) is 0 Å². The van der Waals surface area contributed by atoms with Gasteiger partial charge in [-0.1, -0.05) is 6.92 Å². The summed E-state index contributed by atoms with van der Waals surface area (Å²) in [5.41, 5.74) is 6.80. The summed E-state index contributed by atoms with van der Waals surface area (Å²) in [4.78, 5) is 0. The first kappa shape index (κ1) is 3.90. The molecule has 0 atom stereocenters. The van der Waals surface area contributed by atoms with Crippen LogP contribution in [0, 0.1) is 5.41 Å². The van der Waals surface area contributed by atoms with Crippen molar-refractivity contribution in [1.82, 2.24) is 0 Å². The van der Waals surface area contributed by atoms with Crippen molar-refractivity contribution >= 4 is 0 Å². The summed E-state index contributed by atoms with van der Waals surface area (Å²) in [5.74, 6) is 0. The van der Waals surface area contributed by atoms with E-state index in [9.17, 15) is 0 Å². The van der Waals surface area contributed by atoms with E-state index in [1.165, 1.54) is 19.3 Å². The average molecular weight is 97.2 g/mol. The molecule has 0 radical (unpaired) electrons. The standard InChI is InChI=1S/C6H11N/c1-5-2-6(7,3-5)4-5/h2-4,7H2,1H3. The highest BCUT2D eigenvalue weighted by Crippen LogP contribution is 2.65. The van der Waals surface area contributed by atoms with Gasteiger partial charge in [0.2, 0.25) is 0 Å². The molecule has 0 aliphatic heterocycles. The predicted octanol–water partition coefficient (Wildman–Crippen LogP) is 0.888. The van der Waals surface area contributed by atoms with E-state index in [1.807, 2.05) is 0 Å². The Kier molecular flexibility index (Phi) is 0.365. The van der Waals surface area contributed by atoms with Crippen molar-refractivity contribution in [2.45, 2.75) is 31.7 Å². The molecule has 3 aliphatic rings. The molecule has 3 fully saturated rings. The van der Waals surface area contributed by atoms with Crippen LogP contribution in [0.4, 0.5) is 0 Å². The second-order valence-corrected chi connectivity index (χ2v) is 3.70. The Hall–Kier alpha value is -0.0400. The van der Waals surface area contributed by atoms with Crippen molar-refractivity contribution in [2.75, 3.05) is 0 Å². The molecule has 7 heavy (non-hydrogen) atoms. The summed E-state index contributed by atoms with van der Waals surface area (Å²) < 4.78 is 0. The predicted molar refractivity (Wildman–Crippen MR) is 28.9 cm³/mol. The van der Waals surface area contributed by atoms with Crippen LogP contribution in [0.5, 0.6) is 0 Å². The summed E-state index contributed by atoms with van der Waals surface area (Å²) in [6, 6.07) is 0. The van der Waals surface area contributed by atoms with E-state index in [0.717, 1.165) is 0 Å². The Bertz CT molecular complexity index is 85.6. The Morgan fingerprint density at radius 1 is 1.29 bits per heavy atom. The largest absolute Gasteiger partial charge is 0.325 e. The second kappa shape index (κ2) is 0.655. The molecule has 2 bridgehead atoms. The highest BCUT2D eigenvalue weighted by atomic mass is 14.9. The molecular formula is C6H11N. The van der Waals surface area contributed by atoms with Gasteiger partial charge in [-0.05, 0) is 24.7 Å². The van der Waals surface area contributed by atoms with E-state index in [2.05, 4.69) is 6.92 Å². The van der Waals surface area contributed by atoms with Gasteiger partial charge in [0.25, 0.3) is 0 Å². The summed E-state index contributed by atoms with van der Waals surface area (Å²) in [6.45, 7) is 2.32. The first-order chi connectivity index (χ1) is 3.12. The fourth-order valence-corrected chi connectivity index (χ4v) is 2.39. The minimum absolute atomic E-state index is 0.328. The third-order valence-corrected chi connectivity index (χ3v) is 2.34. The molecule has 0 unspecified atom stereocenters. The van der Waals surface area contributed by atoms with Gasteiger partial charge < -0.3 is 5.73 Å². The molecule has 2 N–H and O–H groups in total. The van der Waals surface area contributed by atoms with Crippen LogP contribution in [0.3, 0.4) is 0 Å². The van der Waals surface area contributed by atoms with Gasteiger partial charge in [0, 0.05) is 5.54 Å². The highest BCUT2D eigenvalue weighted by molar-refractivity contribution is 5.19. The Morgan fingerprint density at radius 3 is 1.71 bits per heavy atom. The Balaban J connectivity index is 2.16. The summed E-state index contributed by atoms with van der Waals surface area (Å²) in [5, 5.41) is 0. The molecular weight excluding hydrogens is 86.1 g/mol. The Morgan fingerprint density at radius 2 is 1.71 bits per heavy atom. The van der Waals surface area contributed by atoms with Crippen molar-refractivity contribution in [3.05, 3.63) is 0 Å². The number of hydrogen-bond acceptors (Lipinski definition) is 1. The molecule has 3 rings (SSSR count). The van der Waals surface area contributed by atoms with Crippen molar-refractivity contribution in [3.8, 4) is 0 Å². The molecule has 0 spiro atoms. The number of rotatable bonds is 0.